The number of benzene rings is 3. The van der Waals surface area contributed by atoms with E-state index < -0.39 is 6.04 Å². The second-order valence-corrected chi connectivity index (χ2v) is 10.1. The van der Waals surface area contributed by atoms with Crippen LogP contribution in [-0.2, 0) is 6.42 Å². The van der Waals surface area contributed by atoms with Crippen molar-refractivity contribution >= 4 is 40.8 Å². The fourth-order valence-electron chi connectivity index (χ4n) is 4.81. The van der Waals surface area contributed by atoms with Gasteiger partial charge in [0, 0.05) is 10.6 Å². The number of allylic oxidation sites excluding steroid dienone is 1. The fraction of sp³-hybridized carbons (Fsp3) is 0.200. The molecule has 0 aliphatic heterocycles. The Labute approximate surface area is 230 Å². The molecular formula is C30H26Cl2FN3O2. The Balaban J connectivity index is 1.64. The van der Waals surface area contributed by atoms with Crippen LogP contribution in [0.2, 0.25) is 10.0 Å². The van der Waals surface area contributed by atoms with Gasteiger partial charge in [-0.1, -0.05) is 65.7 Å². The van der Waals surface area contributed by atoms with Crippen LogP contribution < -0.4 is 5.32 Å². The van der Waals surface area contributed by atoms with E-state index in [1.807, 2.05) is 36.4 Å². The lowest BCUT2D eigenvalue weighted by atomic mass is 10.0. The molecule has 1 heterocycles. The number of halogens is 3. The minimum absolute atomic E-state index is 0.253. The van der Waals surface area contributed by atoms with Gasteiger partial charge in [-0.2, -0.15) is 5.10 Å². The number of hydrogen-bond acceptors (Lipinski definition) is 3. The summed E-state index contributed by atoms with van der Waals surface area (Å²) in [5.41, 5.74) is 5.10. The van der Waals surface area contributed by atoms with Crippen LogP contribution in [0.1, 0.15) is 58.2 Å². The SMILES string of the molecule is O=C(N[C@@H](CO)c1ccccc1)c1nn(-c2ccc(Cl)cc2Cl)c2c1CCCCC2=Cc1ccc(F)cc1. The van der Waals surface area contributed by atoms with Crippen LogP contribution in [0, 0.1) is 5.82 Å². The molecule has 0 saturated carbocycles. The first-order valence-electron chi connectivity index (χ1n) is 12.4. The van der Waals surface area contributed by atoms with Crippen molar-refractivity contribution in [2.75, 3.05) is 6.61 Å². The standard InChI is InChI=1S/C30H26Cl2FN3O2/c31-22-12-15-27(25(32)17-22)36-29-21(16-19-10-13-23(33)14-11-19)8-4-5-9-24(29)28(35-36)30(38)34-26(18-37)20-6-2-1-3-7-20/h1-3,6-7,10-17,26,37H,4-5,8-9,18H2,(H,34,38)/t26-/m0/s1. The van der Waals surface area contributed by atoms with E-state index in [0.29, 0.717) is 22.2 Å². The van der Waals surface area contributed by atoms with Gasteiger partial charge in [0.2, 0.25) is 0 Å². The first-order chi connectivity index (χ1) is 18.4. The molecule has 38 heavy (non-hydrogen) atoms. The molecule has 5 nitrogen and oxygen atoms in total. The molecule has 0 bridgehead atoms. The van der Waals surface area contributed by atoms with Crippen molar-refractivity contribution in [2.45, 2.75) is 31.7 Å². The van der Waals surface area contributed by atoms with E-state index in [2.05, 4.69) is 5.32 Å². The molecule has 0 radical (unpaired) electrons. The van der Waals surface area contributed by atoms with Crippen molar-refractivity contribution < 1.29 is 14.3 Å². The summed E-state index contributed by atoms with van der Waals surface area (Å²) in [6.45, 7) is -0.253. The number of nitrogens with one attached hydrogen (secondary N) is 1. The summed E-state index contributed by atoms with van der Waals surface area (Å²) >= 11 is 12.8. The summed E-state index contributed by atoms with van der Waals surface area (Å²) in [6, 6.07) is 20.2. The molecule has 1 aliphatic carbocycles. The monoisotopic (exact) mass is 549 g/mol. The second-order valence-electron chi connectivity index (χ2n) is 9.23. The summed E-state index contributed by atoms with van der Waals surface area (Å²) in [4.78, 5) is 13.6. The lowest BCUT2D eigenvalue weighted by Crippen LogP contribution is -2.31. The number of fused-ring (bicyclic) bond motifs is 1. The summed E-state index contributed by atoms with van der Waals surface area (Å²) in [5, 5.41) is 18.6. The number of hydrogen-bond donors (Lipinski definition) is 2. The quantitative estimate of drug-likeness (QED) is 0.253. The normalized spacial score (nSPS) is 15.1. The molecule has 1 aromatic heterocycles. The van der Waals surface area contributed by atoms with Crippen LogP contribution in [0.3, 0.4) is 0 Å². The molecule has 194 valence electrons. The fourth-order valence-corrected chi connectivity index (χ4v) is 5.30. The number of nitrogens with zero attached hydrogens (tertiary/aromatic N) is 2. The Kier molecular flexibility index (Phi) is 7.93. The highest BCUT2D eigenvalue weighted by molar-refractivity contribution is 6.35. The average Bonchev–Trinajstić information content (AvgIpc) is 3.17. The number of aliphatic hydroxyl groups is 1. The van der Waals surface area contributed by atoms with E-state index in [1.165, 1.54) is 12.1 Å². The van der Waals surface area contributed by atoms with Gasteiger partial charge in [-0.15, -0.1) is 0 Å². The maximum absolute atomic E-state index is 13.6. The van der Waals surface area contributed by atoms with Crippen molar-refractivity contribution in [2.24, 2.45) is 0 Å². The van der Waals surface area contributed by atoms with E-state index in [-0.39, 0.29) is 24.0 Å². The molecule has 0 unspecified atom stereocenters. The minimum Gasteiger partial charge on any atom is -0.394 e. The number of aliphatic hydroxyl groups excluding tert-OH is 1. The van der Waals surface area contributed by atoms with Gasteiger partial charge in [0.1, 0.15) is 5.82 Å². The van der Waals surface area contributed by atoms with Crippen molar-refractivity contribution in [1.29, 1.82) is 0 Å². The molecule has 3 aromatic carbocycles. The molecule has 5 rings (SSSR count). The lowest BCUT2D eigenvalue weighted by Gasteiger charge is -2.16. The largest absolute Gasteiger partial charge is 0.394 e. The van der Waals surface area contributed by atoms with Crippen LogP contribution in [0.25, 0.3) is 17.3 Å². The Morgan fingerprint density at radius 1 is 1.05 bits per heavy atom. The van der Waals surface area contributed by atoms with E-state index >= 15 is 0 Å². The van der Waals surface area contributed by atoms with Crippen LogP contribution in [0.4, 0.5) is 4.39 Å². The van der Waals surface area contributed by atoms with Crippen LogP contribution in [0.5, 0.6) is 0 Å². The van der Waals surface area contributed by atoms with Crippen molar-refractivity contribution in [3.8, 4) is 5.69 Å². The maximum atomic E-state index is 13.6. The van der Waals surface area contributed by atoms with Gasteiger partial charge in [-0.25, -0.2) is 9.07 Å². The highest BCUT2D eigenvalue weighted by atomic mass is 35.5. The third-order valence-electron chi connectivity index (χ3n) is 6.66. The van der Waals surface area contributed by atoms with Crippen LogP contribution >= 0.6 is 23.2 Å². The Morgan fingerprint density at radius 3 is 2.50 bits per heavy atom. The predicted octanol–water partition coefficient (Wildman–Crippen LogP) is 7.05. The van der Waals surface area contributed by atoms with Crippen LogP contribution in [0.15, 0.2) is 72.8 Å². The first kappa shape index (κ1) is 26.2. The summed E-state index contributed by atoms with van der Waals surface area (Å²) in [5.74, 6) is -0.682. The summed E-state index contributed by atoms with van der Waals surface area (Å²) < 4.78 is 15.3. The third-order valence-corrected chi connectivity index (χ3v) is 7.20. The molecule has 0 fully saturated rings. The molecule has 8 heteroatoms. The van der Waals surface area contributed by atoms with Gasteiger partial charge in [0.25, 0.3) is 5.91 Å². The molecule has 0 spiro atoms. The smallest absolute Gasteiger partial charge is 0.272 e. The topological polar surface area (TPSA) is 67.2 Å². The second kappa shape index (κ2) is 11.5. The summed E-state index contributed by atoms with van der Waals surface area (Å²) in [6.07, 6.45) is 5.20. The van der Waals surface area contributed by atoms with Crippen molar-refractivity contribution in [1.82, 2.24) is 15.1 Å². The van der Waals surface area contributed by atoms with Gasteiger partial charge < -0.3 is 10.4 Å². The molecule has 1 atom stereocenters. The summed E-state index contributed by atoms with van der Waals surface area (Å²) in [7, 11) is 0. The zero-order chi connectivity index (χ0) is 26.6. The van der Waals surface area contributed by atoms with Gasteiger partial charge >= 0.3 is 0 Å². The van der Waals surface area contributed by atoms with Gasteiger partial charge in [-0.3, -0.25) is 4.79 Å². The van der Waals surface area contributed by atoms with Gasteiger partial charge in [0.15, 0.2) is 5.69 Å². The van der Waals surface area contributed by atoms with Crippen molar-refractivity contribution in [3.63, 3.8) is 0 Å². The average molecular weight is 550 g/mol. The molecule has 1 amide bonds. The van der Waals surface area contributed by atoms with Gasteiger partial charge in [-0.05, 0) is 78.8 Å². The Morgan fingerprint density at radius 2 is 1.79 bits per heavy atom. The number of carbonyl (C=O) groups excluding carboxylic acids is 1. The maximum Gasteiger partial charge on any atom is 0.272 e. The number of rotatable bonds is 6. The van der Waals surface area contributed by atoms with E-state index in [1.54, 1.807) is 35.0 Å². The Bertz CT molecular complexity index is 1480. The lowest BCUT2D eigenvalue weighted by molar-refractivity contribution is 0.0909. The zero-order valence-electron chi connectivity index (χ0n) is 20.5. The molecular weight excluding hydrogens is 524 g/mol. The number of aromatic nitrogens is 2. The zero-order valence-corrected chi connectivity index (χ0v) is 22.0. The van der Waals surface area contributed by atoms with Gasteiger partial charge in [0.05, 0.1) is 29.1 Å². The highest BCUT2D eigenvalue weighted by Crippen LogP contribution is 2.37. The van der Waals surface area contributed by atoms with Crippen LogP contribution in [-0.4, -0.2) is 27.4 Å². The third kappa shape index (κ3) is 5.53. The van der Waals surface area contributed by atoms with E-state index in [9.17, 15) is 14.3 Å². The van der Waals surface area contributed by atoms with E-state index in [0.717, 1.165) is 47.2 Å². The molecule has 4 aromatic rings. The predicted molar refractivity (Wildman–Crippen MR) is 149 cm³/mol. The Hall–Kier alpha value is -3.45. The number of carbonyl (C=O) groups is 1. The highest BCUT2D eigenvalue weighted by Gasteiger charge is 2.29. The number of amides is 1. The first-order valence-corrected chi connectivity index (χ1v) is 13.2. The molecule has 2 N–H and O–H groups in total. The van der Waals surface area contributed by atoms with Crippen molar-refractivity contribution in [3.05, 3.63) is 117 Å². The minimum atomic E-state index is -0.580. The molecule has 0 saturated heterocycles. The van der Waals surface area contributed by atoms with E-state index in [4.69, 9.17) is 28.3 Å². The molecule has 1 aliphatic rings.